The molecule has 1 fully saturated rings. The second kappa shape index (κ2) is 11.1. The minimum Gasteiger partial charge on any atom is -0.492 e. The van der Waals surface area contributed by atoms with Crippen molar-refractivity contribution in [2.45, 2.75) is 26.3 Å². The summed E-state index contributed by atoms with van der Waals surface area (Å²) in [5.74, 6) is 0.719. The fourth-order valence-corrected chi connectivity index (χ4v) is 5.49. The molecular formula is C32H36N4O3. The van der Waals surface area contributed by atoms with E-state index in [-0.39, 0.29) is 11.9 Å². The molecule has 7 nitrogen and oxygen atoms in total. The second-order valence-electron chi connectivity index (χ2n) is 10.6. The second-order valence-corrected chi connectivity index (χ2v) is 10.6. The molecule has 0 radical (unpaired) electrons. The van der Waals surface area contributed by atoms with Gasteiger partial charge in [-0.15, -0.1) is 0 Å². The number of amides is 1. The van der Waals surface area contributed by atoms with Gasteiger partial charge in [0.2, 0.25) is 0 Å². The Morgan fingerprint density at radius 3 is 2.77 bits per heavy atom. The molecule has 2 aliphatic heterocycles. The Labute approximate surface area is 229 Å². The van der Waals surface area contributed by atoms with Crippen LogP contribution in [0, 0.1) is 6.92 Å². The molecule has 202 valence electrons. The average Bonchev–Trinajstić information content (AvgIpc) is 3.36. The summed E-state index contributed by atoms with van der Waals surface area (Å²) in [5, 5.41) is 4.72. The van der Waals surface area contributed by atoms with Crippen LogP contribution in [0.4, 0.5) is 11.4 Å². The molecule has 1 unspecified atom stereocenters. The Morgan fingerprint density at radius 1 is 1.03 bits per heavy atom. The average molecular weight is 525 g/mol. The van der Waals surface area contributed by atoms with E-state index in [9.17, 15) is 4.79 Å². The van der Waals surface area contributed by atoms with Crippen LogP contribution in [0.5, 0.6) is 5.75 Å². The maximum atomic E-state index is 14.0. The number of hydrogen-bond donors (Lipinski definition) is 2. The summed E-state index contributed by atoms with van der Waals surface area (Å²) in [7, 11) is 0. The predicted octanol–water partition coefficient (Wildman–Crippen LogP) is 5.71. The van der Waals surface area contributed by atoms with Gasteiger partial charge in [0.1, 0.15) is 12.4 Å². The third-order valence-electron chi connectivity index (χ3n) is 7.74. The van der Waals surface area contributed by atoms with Gasteiger partial charge in [0.25, 0.3) is 5.91 Å². The highest BCUT2D eigenvalue weighted by Gasteiger charge is 2.25. The van der Waals surface area contributed by atoms with Crippen molar-refractivity contribution in [3.8, 4) is 16.9 Å². The third-order valence-corrected chi connectivity index (χ3v) is 7.74. The summed E-state index contributed by atoms with van der Waals surface area (Å²) in [6.07, 6.45) is 2.82. The van der Waals surface area contributed by atoms with Crippen LogP contribution >= 0.6 is 0 Å². The molecule has 4 aromatic rings. The van der Waals surface area contributed by atoms with Gasteiger partial charge in [-0.2, -0.15) is 0 Å². The number of carbonyl (C=O) groups is 1. The number of anilines is 2. The Balaban J connectivity index is 1.32. The summed E-state index contributed by atoms with van der Waals surface area (Å²) in [6, 6.07) is 20.8. The van der Waals surface area contributed by atoms with E-state index in [2.05, 4.69) is 65.4 Å². The van der Waals surface area contributed by atoms with Crippen LogP contribution < -0.4 is 15.0 Å². The lowest BCUT2D eigenvalue weighted by atomic mass is 10.0. The zero-order chi connectivity index (χ0) is 26.8. The van der Waals surface area contributed by atoms with E-state index in [0.29, 0.717) is 18.7 Å². The Hall–Kier alpha value is -3.81. The number of nitrogens with zero attached hydrogens (tertiary/aromatic N) is 2. The van der Waals surface area contributed by atoms with Crippen LogP contribution in [0.3, 0.4) is 0 Å². The molecule has 1 atom stereocenters. The summed E-state index contributed by atoms with van der Waals surface area (Å²) >= 11 is 0. The largest absolute Gasteiger partial charge is 0.492 e. The minimum absolute atomic E-state index is 0.0123. The number of hydrogen-bond acceptors (Lipinski definition) is 5. The van der Waals surface area contributed by atoms with Gasteiger partial charge in [-0.05, 0) is 85.3 Å². The van der Waals surface area contributed by atoms with Crippen LogP contribution in [-0.4, -0.2) is 67.8 Å². The molecule has 1 amide bonds. The molecule has 2 aliphatic rings. The molecule has 1 saturated heterocycles. The fourth-order valence-electron chi connectivity index (χ4n) is 5.49. The van der Waals surface area contributed by atoms with E-state index < -0.39 is 0 Å². The van der Waals surface area contributed by atoms with E-state index in [1.54, 1.807) is 0 Å². The maximum absolute atomic E-state index is 14.0. The number of nitrogens with one attached hydrogen (secondary N) is 2. The molecule has 0 aliphatic carbocycles. The number of fused-ring (bicyclic) bond motifs is 2. The summed E-state index contributed by atoms with van der Waals surface area (Å²) < 4.78 is 11.9. The molecule has 0 saturated carbocycles. The van der Waals surface area contributed by atoms with Gasteiger partial charge in [0, 0.05) is 55.1 Å². The Kier molecular flexibility index (Phi) is 7.26. The van der Waals surface area contributed by atoms with Crippen LogP contribution in [0.15, 0.2) is 66.9 Å². The summed E-state index contributed by atoms with van der Waals surface area (Å²) in [5.41, 5.74) is 6.87. The highest BCUT2D eigenvalue weighted by atomic mass is 16.5. The number of ether oxygens (including phenoxy) is 2. The molecule has 1 aromatic heterocycles. The Bertz CT molecular complexity index is 1470. The van der Waals surface area contributed by atoms with Crippen molar-refractivity contribution in [1.82, 2.24) is 9.88 Å². The lowest BCUT2D eigenvalue weighted by Crippen LogP contribution is -2.38. The van der Waals surface area contributed by atoms with Crippen molar-refractivity contribution < 1.29 is 14.3 Å². The lowest BCUT2D eigenvalue weighted by molar-refractivity contribution is 0.0323. The van der Waals surface area contributed by atoms with Crippen molar-refractivity contribution >= 4 is 28.2 Å². The monoisotopic (exact) mass is 524 g/mol. The zero-order valence-corrected chi connectivity index (χ0v) is 22.7. The summed E-state index contributed by atoms with van der Waals surface area (Å²) in [6.45, 7) is 9.61. The fraction of sp³-hybridized carbons (Fsp3) is 0.344. The van der Waals surface area contributed by atoms with Crippen LogP contribution in [0.25, 0.3) is 22.0 Å². The van der Waals surface area contributed by atoms with Crippen molar-refractivity contribution in [2.24, 2.45) is 0 Å². The Morgan fingerprint density at radius 2 is 1.90 bits per heavy atom. The van der Waals surface area contributed by atoms with Gasteiger partial charge in [-0.1, -0.05) is 12.1 Å². The van der Waals surface area contributed by atoms with Crippen molar-refractivity contribution in [1.29, 1.82) is 0 Å². The molecule has 2 N–H and O–H groups in total. The standard InChI is InChI=1S/C32H36N4O3/c1-22-3-8-30-29(19-22)34-23(2)10-12-36(30)32(37)26-4-6-27(24-5-7-28-25(20-24)9-11-33-28)31(21-26)39-18-15-35-13-16-38-17-14-35/h3-9,11,19-21,23,33-34H,10,12-18H2,1-2H3. The normalized spacial score (nSPS) is 17.9. The number of rotatable bonds is 6. The van der Waals surface area contributed by atoms with Crippen molar-refractivity contribution in [2.75, 3.05) is 56.2 Å². The van der Waals surface area contributed by atoms with Crippen molar-refractivity contribution in [3.63, 3.8) is 0 Å². The molecule has 3 heterocycles. The number of aromatic amines is 1. The van der Waals surface area contributed by atoms with Gasteiger partial charge in [0.15, 0.2) is 0 Å². The van der Waals surface area contributed by atoms with E-state index in [1.165, 1.54) is 5.56 Å². The van der Waals surface area contributed by atoms with Gasteiger partial charge in [-0.25, -0.2) is 0 Å². The van der Waals surface area contributed by atoms with Crippen LogP contribution in [-0.2, 0) is 4.74 Å². The lowest BCUT2D eigenvalue weighted by Gasteiger charge is -2.26. The first-order chi connectivity index (χ1) is 19.0. The first-order valence-electron chi connectivity index (χ1n) is 13.9. The van der Waals surface area contributed by atoms with Gasteiger partial charge in [-0.3, -0.25) is 9.69 Å². The number of H-pyrrole nitrogens is 1. The topological polar surface area (TPSA) is 69.8 Å². The number of morpholine rings is 1. The predicted molar refractivity (Wildman–Crippen MR) is 157 cm³/mol. The number of aromatic nitrogens is 1. The van der Waals surface area contributed by atoms with E-state index in [0.717, 1.165) is 78.4 Å². The maximum Gasteiger partial charge on any atom is 0.258 e. The first kappa shape index (κ1) is 25.5. The molecule has 39 heavy (non-hydrogen) atoms. The van der Waals surface area contributed by atoms with E-state index >= 15 is 0 Å². The van der Waals surface area contributed by atoms with Crippen molar-refractivity contribution in [3.05, 3.63) is 78.0 Å². The molecular weight excluding hydrogens is 488 g/mol. The smallest absolute Gasteiger partial charge is 0.258 e. The van der Waals surface area contributed by atoms with Gasteiger partial charge < -0.3 is 24.7 Å². The van der Waals surface area contributed by atoms with Crippen LogP contribution in [0.1, 0.15) is 29.3 Å². The summed E-state index contributed by atoms with van der Waals surface area (Å²) in [4.78, 5) is 21.5. The molecule has 0 spiro atoms. The number of carbonyl (C=O) groups excluding carboxylic acids is 1. The first-order valence-corrected chi connectivity index (χ1v) is 13.9. The highest BCUT2D eigenvalue weighted by molar-refractivity contribution is 6.08. The molecule has 3 aromatic carbocycles. The molecule has 0 bridgehead atoms. The number of aryl methyl sites for hydroxylation is 1. The molecule has 6 rings (SSSR count). The quantitative estimate of drug-likeness (QED) is 0.338. The van der Waals surface area contributed by atoms with Gasteiger partial charge in [0.05, 0.1) is 24.6 Å². The zero-order valence-electron chi connectivity index (χ0n) is 22.7. The van der Waals surface area contributed by atoms with E-state index in [1.807, 2.05) is 35.4 Å². The van der Waals surface area contributed by atoms with E-state index in [4.69, 9.17) is 9.47 Å². The molecule has 7 heteroatoms. The third kappa shape index (κ3) is 5.51. The number of benzene rings is 3. The highest BCUT2D eigenvalue weighted by Crippen LogP contribution is 2.36. The SMILES string of the molecule is Cc1ccc2c(c1)NC(C)CCN2C(=O)c1ccc(-c2ccc3[nH]ccc3c2)c(OCCN2CCOCC2)c1. The van der Waals surface area contributed by atoms with Crippen LogP contribution in [0.2, 0.25) is 0 Å². The minimum atomic E-state index is -0.0123. The van der Waals surface area contributed by atoms with Gasteiger partial charge >= 0.3 is 0 Å².